The molecule has 0 bridgehead atoms. The van der Waals surface area contributed by atoms with Gasteiger partial charge in [0.25, 0.3) is 5.91 Å². The molecule has 0 aliphatic rings. The van der Waals surface area contributed by atoms with Crippen molar-refractivity contribution < 1.29 is 15.0 Å². The van der Waals surface area contributed by atoms with E-state index in [2.05, 4.69) is 10.5 Å². The second-order valence-corrected chi connectivity index (χ2v) is 5.82. The third kappa shape index (κ3) is 4.08. The van der Waals surface area contributed by atoms with Crippen LogP contribution in [0.2, 0.25) is 0 Å². The van der Waals surface area contributed by atoms with Crippen molar-refractivity contribution >= 4 is 11.6 Å². The second-order valence-electron chi connectivity index (χ2n) is 5.82. The number of aromatic hydroxyl groups is 2. The van der Waals surface area contributed by atoms with E-state index in [1.54, 1.807) is 19.1 Å². The highest BCUT2D eigenvalue weighted by atomic mass is 16.3. The lowest BCUT2D eigenvalue weighted by atomic mass is 10.0. The van der Waals surface area contributed by atoms with Crippen molar-refractivity contribution in [1.29, 1.82) is 0 Å². The average molecular weight is 346 g/mol. The number of phenols is 2. The molecule has 0 radical (unpaired) electrons. The molecule has 3 N–H and O–H groups in total. The van der Waals surface area contributed by atoms with Crippen LogP contribution in [0.5, 0.6) is 11.5 Å². The molecule has 0 fully saturated rings. The first-order valence-corrected chi connectivity index (χ1v) is 8.06. The van der Waals surface area contributed by atoms with Crippen molar-refractivity contribution in [3.05, 3.63) is 83.9 Å². The fraction of sp³-hybridized carbons (Fsp3) is 0.0476. The molecule has 0 heterocycles. The number of hydrogen-bond donors (Lipinski definition) is 3. The molecule has 3 aromatic carbocycles. The van der Waals surface area contributed by atoms with Crippen LogP contribution in [0, 0.1) is 0 Å². The molecule has 0 atom stereocenters. The molecule has 0 saturated heterocycles. The third-order valence-electron chi connectivity index (χ3n) is 3.90. The molecule has 26 heavy (non-hydrogen) atoms. The van der Waals surface area contributed by atoms with E-state index in [1.807, 2.05) is 42.5 Å². The predicted octanol–water partition coefficient (Wildman–Crippen LogP) is 3.92. The predicted molar refractivity (Wildman–Crippen MR) is 101 cm³/mol. The van der Waals surface area contributed by atoms with E-state index in [-0.39, 0.29) is 17.4 Å². The minimum Gasteiger partial charge on any atom is -0.508 e. The fourth-order valence-corrected chi connectivity index (χ4v) is 2.51. The number of hydrogen-bond acceptors (Lipinski definition) is 4. The van der Waals surface area contributed by atoms with Gasteiger partial charge < -0.3 is 10.2 Å². The molecule has 0 aromatic heterocycles. The monoisotopic (exact) mass is 346 g/mol. The number of hydrazone groups is 1. The van der Waals surface area contributed by atoms with Gasteiger partial charge in [0.05, 0.1) is 5.71 Å². The Morgan fingerprint density at radius 2 is 1.38 bits per heavy atom. The quantitative estimate of drug-likeness (QED) is 0.495. The van der Waals surface area contributed by atoms with Gasteiger partial charge in [0, 0.05) is 17.2 Å². The standard InChI is InChI=1S/C21H18N2O3/c1-14(18-11-19(24)13-20(25)12-18)22-23-21(26)17-9-7-16(8-10-17)15-5-3-2-4-6-15/h2-13,24-25H,1H3,(H,23,26)/b22-14-. The Hall–Kier alpha value is -3.60. The minimum absolute atomic E-state index is 0.0719. The minimum atomic E-state index is -0.340. The van der Waals surface area contributed by atoms with Crippen molar-refractivity contribution in [2.75, 3.05) is 0 Å². The van der Waals surface area contributed by atoms with Gasteiger partial charge in [0.1, 0.15) is 11.5 Å². The van der Waals surface area contributed by atoms with E-state index in [0.29, 0.717) is 16.8 Å². The number of nitrogens with zero attached hydrogens (tertiary/aromatic N) is 1. The van der Waals surface area contributed by atoms with E-state index in [4.69, 9.17) is 0 Å². The SMILES string of the molecule is C/C(=N/NC(=O)c1ccc(-c2ccccc2)cc1)c1cc(O)cc(O)c1. The van der Waals surface area contributed by atoms with E-state index in [1.165, 1.54) is 18.2 Å². The number of benzene rings is 3. The molecule has 1 amide bonds. The van der Waals surface area contributed by atoms with Crippen LogP contribution in [-0.4, -0.2) is 21.8 Å². The Balaban J connectivity index is 1.71. The Labute approximate surface area is 151 Å². The number of amides is 1. The van der Waals surface area contributed by atoms with Gasteiger partial charge in [0.15, 0.2) is 0 Å². The normalized spacial score (nSPS) is 11.2. The summed E-state index contributed by atoms with van der Waals surface area (Å²) in [4.78, 5) is 12.2. The van der Waals surface area contributed by atoms with E-state index in [9.17, 15) is 15.0 Å². The number of nitrogens with one attached hydrogen (secondary N) is 1. The van der Waals surface area contributed by atoms with Crippen LogP contribution in [-0.2, 0) is 0 Å². The average Bonchev–Trinajstić information content (AvgIpc) is 2.66. The van der Waals surface area contributed by atoms with Gasteiger partial charge in [-0.3, -0.25) is 4.79 Å². The largest absolute Gasteiger partial charge is 0.508 e. The maximum atomic E-state index is 12.2. The highest BCUT2D eigenvalue weighted by Crippen LogP contribution is 2.21. The van der Waals surface area contributed by atoms with Gasteiger partial charge in [-0.25, -0.2) is 5.43 Å². The number of carbonyl (C=O) groups excluding carboxylic acids is 1. The molecule has 0 spiro atoms. The van der Waals surface area contributed by atoms with Gasteiger partial charge >= 0.3 is 0 Å². The van der Waals surface area contributed by atoms with Crippen LogP contribution in [0.15, 0.2) is 77.9 Å². The highest BCUT2D eigenvalue weighted by molar-refractivity contribution is 6.01. The molecule has 3 aromatic rings. The molecular formula is C21H18N2O3. The van der Waals surface area contributed by atoms with Gasteiger partial charge in [-0.2, -0.15) is 5.10 Å². The Kier molecular flexibility index (Phi) is 4.99. The molecule has 0 aliphatic carbocycles. The summed E-state index contributed by atoms with van der Waals surface area (Å²) in [5, 5.41) is 23.1. The van der Waals surface area contributed by atoms with Crippen LogP contribution in [0.1, 0.15) is 22.8 Å². The van der Waals surface area contributed by atoms with Crippen LogP contribution in [0.3, 0.4) is 0 Å². The van der Waals surface area contributed by atoms with Crippen molar-refractivity contribution in [3.63, 3.8) is 0 Å². The van der Waals surface area contributed by atoms with Gasteiger partial charge in [-0.05, 0) is 42.3 Å². The lowest BCUT2D eigenvalue weighted by Crippen LogP contribution is -2.19. The van der Waals surface area contributed by atoms with Crippen molar-refractivity contribution in [2.24, 2.45) is 5.10 Å². The smallest absolute Gasteiger partial charge is 0.271 e. The summed E-state index contributed by atoms with van der Waals surface area (Å²) in [7, 11) is 0. The zero-order valence-corrected chi connectivity index (χ0v) is 14.2. The lowest BCUT2D eigenvalue weighted by Gasteiger charge is -2.06. The number of rotatable bonds is 4. The summed E-state index contributed by atoms with van der Waals surface area (Å²) in [6.07, 6.45) is 0. The lowest BCUT2D eigenvalue weighted by molar-refractivity contribution is 0.0955. The van der Waals surface area contributed by atoms with E-state index in [0.717, 1.165) is 11.1 Å². The summed E-state index contributed by atoms with van der Waals surface area (Å²) in [5.41, 5.74) is 6.05. The molecule has 130 valence electrons. The number of carbonyl (C=O) groups is 1. The zero-order chi connectivity index (χ0) is 18.5. The van der Waals surface area contributed by atoms with Crippen LogP contribution < -0.4 is 5.43 Å². The maximum Gasteiger partial charge on any atom is 0.271 e. The molecule has 0 aliphatic heterocycles. The summed E-state index contributed by atoms with van der Waals surface area (Å²) >= 11 is 0. The first-order valence-electron chi connectivity index (χ1n) is 8.06. The Morgan fingerprint density at radius 1 is 0.808 bits per heavy atom. The van der Waals surface area contributed by atoms with Gasteiger partial charge in [-0.1, -0.05) is 42.5 Å². The first-order chi connectivity index (χ1) is 12.5. The van der Waals surface area contributed by atoms with E-state index >= 15 is 0 Å². The zero-order valence-electron chi connectivity index (χ0n) is 14.2. The summed E-state index contributed by atoms with van der Waals surface area (Å²) < 4.78 is 0. The topological polar surface area (TPSA) is 81.9 Å². The molecule has 5 nitrogen and oxygen atoms in total. The van der Waals surface area contributed by atoms with Gasteiger partial charge in [-0.15, -0.1) is 0 Å². The Morgan fingerprint density at radius 3 is 2.00 bits per heavy atom. The van der Waals surface area contributed by atoms with Crippen LogP contribution >= 0.6 is 0 Å². The maximum absolute atomic E-state index is 12.2. The summed E-state index contributed by atoms with van der Waals surface area (Å²) in [6, 6.07) is 21.3. The van der Waals surface area contributed by atoms with E-state index < -0.39 is 0 Å². The van der Waals surface area contributed by atoms with Crippen LogP contribution in [0.25, 0.3) is 11.1 Å². The first kappa shape index (κ1) is 17.2. The molecule has 3 rings (SSSR count). The fourth-order valence-electron chi connectivity index (χ4n) is 2.51. The summed E-state index contributed by atoms with van der Waals surface area (Å²) in [5.74, 6) is -0.483. The van der Waals surface area contributed by atoms with Gasteiger partial charge in [0.2, 0.25) is 0 Å². The second kappa shape index (κ2) is 7.53. The molecule has 5 heteroatoms. The van der Waals surface area contributed by atoms with Crippen molar-refractivity contribution in [3.8, 4) is 22.6 Å². The van der Waals surface area contributed by atoms with Crippen molar-refractivity contribution in [2.45, 2.75) is 6.92 Å². The summed E-state index contributed by atoms with van der Waals surface area (Å²) in [6.45, 7) is 1.67. The van der Waals surface area contributed by atoms with Crippen LogP contribution in [0.4, 0.5) is 0 Å². The number of phenolic OH excluding ortho intramolecular Hbond substituents is 2. The third-order valence-corrected chi connectivity index (χ3v) is 3.90. The highest BCUT2D eigenvalue weighted by Gasteiger charge is 2.07. The molecular weight excluding hydrogens is 328 g/mol. The van der Waals surface area contributed by atoms with Crippen molar-refractivity contribution in [1.82, 2.24) is 5.43 Å². The Bertz CT molecular complexity index is 929. The molecule has 0 unspecified atom stereocenters. The molecule has 0 saturated carbocycles.